The zero-order chi connectivity index (χ0) is 18.4. The summed E-state index contributed by atoms with van der Waals surface area (Å²) >= 11 is 0. The maximum Gasteiger partial charge on any atom is 0.417 e. The molecule has 8 heteroatoms. The third-order valence-corrected chi connectivity index (χ3v) is 5.11. The number of nitrogens with zero attached hydrogens (tertiary/aromatic N) is 2. The second-order valence-electron chi connectivity index (χ2n) is 5.89. The van der Waals surface area contributed by atoms with E-state index in [2.05, 4.69) is 4.98 Å². The van der Waals surface area contributed by atoms with Gasteiger partial charge in [-0.1, -0.05) is 6.07 Å². The van der Waals surface area contributed by atoms with Crippen molar-refractivity contribution < 1.29 is 21.6 Å². The molecular formula is C17H15F3N2O2S. The summed E-state index contributed by atoms with van der Waals surface area (Å²) in [6, 6.07) is 8.87. The Hall–Kier alpha value is -2.35. The minimum Gasteiger partial charge on any atom is -0.326 e. The highest BCUT2D eigenvalue weighted by Gasteiger charge is 2.36. The first kappa shape index (κ1) is 17.5. The standard InChI is InChI=1S/C17H15F3N2O2S/c1-11-8-13-4-3-7-21-16(13)22(11)10-12-5-6-15(25(2,23)24)14(9-12)17(18,19)20/h3-9H,10H2,1-2H3. The molecule has 0 saturated carbocycles. The lowest BCUT2D eigenvalue weighted by molar-refractivity contribution is -0.139. The van der Waals surface area contributed by atoms with Gasteiger partial charge < -0.3 is 4.57 Å². The number of pyridine rings is 1. The smallest absolute Gasteiger partial charge is 0.326 e. The zero-order valence-electron chi connectivity index (χ0n) is 13.5. The summed E-state index contributed by atoms with van der Waals surface area (Å²) in [7, 11) is -3.98. The third kappa shape index (κ3) is 3.39. The highest BCUT2D eigenvalue weighted by atomic mass is 32.2. The Balaban J connectivity index is 2.11. The second kappa shape index (κ2) is 5.87. The molecule has 0 N–H and O–H groups in total. The number of sulfone groups is 1. The predicted octanol–water partition coefficient (Wildman–Crippen LogP) is 3.82. The molecule has 2 heterocycles. The maximum absolute atomic E-state index is 13.3. The number of alkyl halides is 3. The molecule has 0 saturated heterocycles. The van der Waals surface area contributed by atoms with Gasteiger partial charge in [0.15, 0.2) is 9.84 Å². The summed E-state index contributed by atoms with van der Waals surface area (Å²) in [4.78, 5) is 3.56. The Morgan fingerprint density at radius 1 is 1.16 bits per heavy atom. The first-order valence-electron chi connectivity index (χ1n) is 7.38. The van der Waals surface area contributed by atoms with E-state index in [4.69, 9.17) is 0 Å². The van der Waals surface area contributed by atoms with Crippen LogP contribution in [0.4, 0.5) is 13.2 Å². The number of aromatic nitrogens is 2. The van der Waals surface area contributed by atoms with Gasteiger partial charge in [0.25, 0.3) is 0 Å². The van der Waals surface area contributed by atoms with E-state index in [0.717, 1.165) is 29.5 Å². The molecule has 0 amide bonds. The van der Waals surface area contributed by atoms with Gasteiger partial charge >= 0.3 is 6.18 Å². The van der Waals surface area contributed by atoms with E-state index in [9.17, 15) is 21.6 Å². The van der Waals surface area contributed by atoms with Gasteiger partial charge in [-0.2, -0.15) is 13.2 Å². The summed E-state index contributed by atoms with van der Waals surface area (Å²) in [5.41, 5.74) is 0.732. The van der Waals surface area contributed by atoms with Gasteiger partial charge in [-0.3, -0.25) is 0 Å². The monoisotopic (exact) mass is 368 g/mol. The summed E-state index contributed by atoms with van der Waals surface area (Å²) in [6.45, 7) is 2.01. The highest BCUT2D eigenvalue weighted by Crippen LogP contribution is 2.35. The van der Waals surface area contributed by atoms with E-state index in [-0.39, 0.29) is 6.54 Å². The molecule has 0 spiro atoms. The van der Waals surface area contributed by atoms with Gasteiger partial charge in [-0.15, -0.1) is 0 Å². The Labute approximate surface area is 142 Å². The van der Waals surface area contributed by atoms with Crippen molar-refractivity contribution >= 4 is 20.9 Å². The van der Waals surface area contributed by atoms with Crippen LogP contribution in [0, 0.1) is 6.92 Å². The predicted molar refractivity (Wildman–Crippen MR) is 88.1 cm³/mol. The number of hydrogen-bond donors (Lipinski definition) is 0. The molecule has 0 atom stereocenters. The topological polar surface area (TPSA) is 52.0 Å². The van der Waals surface area contributed by atoms with E-state index in [1.165, 1.54) is 6.07 Å². The van der Waals surface area contributed by atoms with Crippen LogP contribution in [0.5, 0.6) is 0 Å². The molecule has 3 rings (SSSR count). The van der Waals surface area contributed by atoms with Crippen molar-refractivity contribution in [3.63, 3.8) is 0 Å². The maximum atomic E-state index is 13.3. The molecule has 2 aromatic heterocycles. The van der Waals surface area contributed by atoms with Gasteiger partial charge in [0.1, 0.15) is 5.65 Å². The van der Waals surface area contributed by atoms with Crippen LogP contribution in [0.1, 0.15) is 16.8 Å². The first-order chi connectivity index (χ1) is 11.6. The average Bonchev–Trinajstić information content (AvgIpc) is 2.81. The van der Waals surface area contributed by atoms with Crippen LogP contribution < -0.4 is 0 Å². The average molecular weight is 368 g/mol. The van der Waals surface area contributed by atoms with Crippen LogP contribution in [0.2, 0.25) is 0 Å². The molecule has 0 bridgehead atoms. The normalized spacial score (nSPS) is 12.7. The van der Waals surface area contributed by atoms with Gasteiger partial charge in [0, 0.05) is 30.1 Å². The van der Waals surface area contributed by atoms with Gasteiger partial charge in [0.2, 0.25) is 0 Å². The lowest BCUT2D eigenvalue weighted by atomic mass is 10.1. The largest absolute Gasteiger partial charge is 0.417 e. The molecule has 0 aliphatic carbocycles. The quantitative estimate of drug-likeness (QED) is 0.706. The molecule has 0 radical (unpaired) electrons. The molecular weight excluding hydrogens is 353 g/mol. The van der Waals surface area contributed by atoms with Crippen LogP contribution in [0.25, 0.3) is 11.0 Å². The van der Waals surface area contributed by atoms with E-state index in [0.29, 0.717) is 11.2 Å². The molecule has 132 valence electrons. The van der Waals surface area contributed by atoms with Crippen molar-refractivity contribution in [2.45, 2.75) is 24.5 Å². The molecule has 0 unspecified atom stereocenters. The third-order valence-electron chi connectivity index (χ3n) is 3.95. The van der Waals surface area contributed by atoms with E-state index < -0.39 is 26.5 Å². The van der Waals surface area contributed by atoms with Gasteiger partial charge in [-0.25, -0.2) is 13.4 Å². The van der Waals surface area contributed by atoms with Crippen molar-refractivity contribution in [3.05, 3.63) is 59.4 Å². The highest BCUT2D eigenvalue weighted by molar-refractivity contribution is 7.90. The van der Waals surface area contributed by atoms with Gasteiger partial charge in [0.05, 0.1) is 10.5 Å². The lowest BCUT2D eigenvalue weighted by Crippen LogP contribution is -2.14. The van der Waals surface area contributed by atoms with Crippen molar-refractivity contribution in [3.8, 4) is 0 Å². The van der Waals surface area contributed by atoms with E-state index in [1.807, 2.05) is 19.1 Å². The molecule has 3 aromatic rings. The fraction of sp³-hybridized carbons (Fsp3) is 0.235. The van der Waals surface area contributed by atoms with Crippen LogP contribution in [0.3, 0.4) is 0 Å². The number of aryl methyl sites for hydroxylation is 1. The molecule has 0 aliphatic heterocycles. The van der Waals surface area contributed by atoms with E-state index >= 15 is 0 Å². The van der Waals surface area contributed by atoms with E-state index in [1.54, 1.807) is 16.8 Å². The second-order valence-corrected chi connectivity index (χ2v) is 7.87. The number of rotatable bonds is 3. The van der Waals surface area contributed by atoms with Crippen LogP contribution >= 0.6 is 0 Å². The van der Waals surface area contributed by atoms with Crippen molar-refractivity contribution in [1.29, 1.82) is 0 Å². The van der Waals surface area contributed by atoms with Gasteiger partial charge in [-0.05, 0) is 42.8 Å². The number of halogens is 3. The first-order valence-corrected chi connectivity index (χ1v) is 9.27. The Bertz CT molecular complexity index is 1050. The summed E-state index contributed by atoms with van der Waals surface area (Å²) in [5, 5.41) is 0.892. The van der Waals surface area contributed by atoms with Crippen molar-refractivity contribution in [2.75, 3.05) is 6.26 Å². The van der Waals surface area contributed by atoms with Crippen molar-refractivity contribution in [2.24, 2.45) is 0 Å². The fourth-order valence-corrected chi connectivity index (χ4v) is 3.71. The molecule has 25 heavy (non-hydrogen) atoms. The Morgan fingerprint density at radius 2 is 1.88 bits per heavy atom. The van der Waals surface area contributed by atoms with Crippen LogP contribution in [0.15, 0.2) is 47.5 Å². The number of benzene rings is 1. The summed E-state index contributed by atoms with van der Waals surface area (Å²) in [5.74, 6) is 0. The number of hydrogen-bond acceptors (Lipinski definition) is 3. The summed E-state index contributed by atoms with van der Waals surface area (Å²) in [6.07, 6.45) is -2.36. The minimum absolute atomic E-state index is 0.166. The lowest BCUT2D eigenvalue weighted by Gasteiger charge is -2.14. The van der Waals surface area contributed by atoms with Crippen molar-refractivity contribution in [1.82, 2.24) is 9.55 Å². The Morgan fingerprint density at radius 3 is 2.52 bits per heavy atom. The molecule has 1 aromatic carbocycles. The van der Waals surface area contributed by atoms with Crippen LogP contribution in [-0.4, -0.2) is 24.2 Å². The molecule has 4 nitrogen and oxygen atoms in total. The molecule has 0 aliphatic rings. The Kier molecular flexibility index (Phi) is 4.10. The molecule has 0 fully saturated rings. The minimum atomic E-state index is -4.75. The van der Waals surface area contributed by atoms with Crippen LogP contribution in [-0.2, 0) is 22.6 Å². The zero-order valence-corrected chi connectivity index (χ0v) is 14.3. The summed E-state index contributed by atoms with van der Waals surface area (Å²) < 4.78 is 64.9. The number of fused-ring (bicyclic) bond motifs is 1. The SMILES string of the molecule is Cc1cc2cccnc2n1Cc1ccc(S(C)(=O)=O)c(C(F)(F)F)c1. The fourth-order valence-electron chi connectivity index (χ4n) is 2.82.